The topological polar surface area (TPSA) is 104 Å². The van der Waals surface area contributed by atoms with Crippen molar-refractivity contribution < 1.29 is 29.6 Å². The van der Waals surface area contributed by atoms with Crippen LogP contribution in [0.5, 0.6) is 5.75 Å². The van der Waals surface area contributed by atoms with E-state index in [4.69, 9.17) is 4.74 Å². The number of aliphatic hydroxyl groups is 1. The SMILES string of the molecule is CCCCCCCCCCCCOc1ccc(C)cc1C(Sc1cccc(C(=O)O)c1)C(O)C(=O)O. The Morgan fingerprint density at radius 3 is 2.14 bits per heavy atom. The monoisotopic (exact) mass is 516 g/mol. The van der Waals surface area contributed by atoms with E-state index in [0.717, 1.165) is 30.2 Å². The second-order valence-corrected chi connectivity index (χ2v) is 10.4. The summed E-state index contributed by atoms with van der Waals surface area (Å²) in [7, 11) is 0. The Morgan fingerprint density at radius 1 is 0.889 bits per heavy atom. The molecule has 0 saturated heterocycles. The van der Waals surface area contributed by atoms with E-state index in [1.54, 1.807) is 12.1 Å². The average Bonchev–Trinajstić information content (AvgIpc) is 2.86. The summed E-state index contributed by atoms with van der Waals surface area (Å²) in [6, 6.07) is 11.8. The fourth-order valence-corrected chi connectivity index (χ4v) is 5.27. The maximum Gasteiger partial charge on any atom is 0.335 e. The number of aliphatic hydroxyl groups excluding tert-OH is 1. The molecule has 0 radical (unpaired) electrons. The van der Waals surface area contributed by atoms with Crippen LogP contribution in [0.4, 0.5) is 0 Å². The number of thioether (sulfide) groups is 1. The van der Waals surface area contributed by atoms with Crippen LogP contribution in [0, 0.1) is 6.92 Å². The van der Waals surface area contributed by atoms with Gasteiger partial charge in [-0.15, -0.1) is 11.8 Å². The van der Waals surface area contributed by atoms with Crippen molar-refractivity contribution in [3.8, 4) is 5.75 Å². The Bertz CT molecular complexity index is 961. The standard InChI is InChI=1S/C29H40O6S/c1-3-4-5-6-7-8-9-10-11-12-18-35-25-17-16-21(2)19-24(25)27(26(30)29(33)34)36-23-15-13-14-22(20-23)28(31)32/h13-17,19-20,26-27,30H,3-12,18H2,1-2H3,(H,31,32)(H,33,34). The molecule has 0 aliphatic carbocycles. The number of carboxylic acids is 2. The summed E-state index contributed by atoms with van der Waals surface area (Å²) >= 11 is 1.12. The van der Waals surface area contributed by atoms with Gasteiger partial charge in [0, 0.05) is 10.5 Å². The molecule has 0 saturated carbocycles. The summed E-state index contributed by atoms with van der Waals surface area (Å²) < 4.78 is 6.06. The fraction of sp³-hybridized carbons (Fsp3) is 0.517. The Morgan fingerprint density at radius 2 is 1.53 bits per heavy atom. The molecule has 0 aliphatic rings. The number of aromatic carboxylic acids is 1. The van der Waals surface area contributed by atoms with Crippen LogP contribution in [0.15, 0.2) is 47.4 Å². The highest BCUT2D eigenvalue weighted by Gasteiger charge is 2.31. The second-order valence-electron chi connectivity index (χ2n) is 9.23. The van der Waals surface area contributed by atoms with E-state index in [9.17, 15) is 24.9 Å². The Kier molecular flexibility index (Phi) is 13.4. The van der Waals surface area contributed by atoms with Crippen molar-refractivity contribution in [3.63, 3.8) is 0 Å². The lowest BCUT2D eigenvalue weighted by Gasteiger charge is -2.23. The summed E-state index contributed by atoms with van der Waals surface area (Å²) in [5.41, 5.74) is 1.60. The molecule has 2 atom stereocenters. The van der Waals surface area contributed by atoms with Gasteiger partial charge >= 0.3 is 11.9 Å². The number of hydrogen-bond acceptors (Lipinski definition) is 5. The molecule has 3 N–H and O–H groups in total. The third-order valence-electron chi connectivity index (χ3n) is 6.11. The van der Waals surface area contributed by atoms with Crippen molar-refractivity contribution in [2.45, 2.75) is 94.3 Å². The first-order valence-electron chi connectivity index (χ1n) is 13.0. The van der Waals surface area contributed by atoms with Gasteiger partial charge in [0.2, 0.25) is 0 Å². The number of carbonyl (C=O) groups is 2. The highest BCUT2D eigenvalue weighted by molar-refractivity contribution is 7.99. The molecule has 0 aromatic heterocycles. The van der Waals surface area contributed by atoms with Crippen LogP contribution in [-0.2, 0) is 4.79 Å². The molecule has 0 bridgehead atoms. The molecule has 0 heterocycles. The van der Waals surface area contributed by atoms with Crippen LogP contribution in [-0.4, -0.2) is 40.0 Å². The van der Waals surface area contributed by atoms with Gasteiger partial charge in [0.05, 0.1) is 17.4 Å². The van der Waals surface area contributed by atoms with Crippen LogP contribution in [0.2, 0.25) is 0 Å². The van der Waals surface area contributed by atoms with E-state index in [1.807, 2.05) is 25.1 Å². The third kappa shape index (κ3) is 10.2. The molecule has 0 fully saturated rings. The van der Waals surface area contributed by atoms with Gasteiger partial charge in [-0.2, -0.15) is 0 Å². The molecular weight excluding hydrogens is 476 g/mol. The summed E-state index contributed by atoms with van der Waals surface area (Å²) in [5.74, 6) is -1.86. The molecule has 198 valence electrons. The number of rotatable bonds is 18. The Balaban J connectivity index is 2.01. The maximum absolute atomic E-state index is 11.7. The summed E-state index contributed by atoms with van der Waals surface area (Å²) in [6.45, 7) is 4.64. The molecule has 7 heteroatoms. The second kappa shape index (κ2) is 16.3. The molecule has 36 heavy (non-hydrogen) atoms. The van der Waals surface area contributed by atoms with Crippen molar-refractivity contribution in [1.29, 1.82) is 0 Å². The van der Waals surface area contributed by atoms with Gasteiger partial charge in [0.25, 0.3) is 0 Å². The van der Waals surface area contributed by atoms with Gasteiger partial charge in [0.15, 0.2) is 6.10 Å². The number of aryl methyl sites for hydroxylation is 1. The number of carboxylic acid groups (broad SMARTS) is 2. The summed E-state index contributed by atoms with van der Waals surface area (Å²) in [6.07, 6.45) is 10.6. The first-order valence-corrected chi connectivity index (χ1v) is 13.9. The summed E-state index contributed by atoms with van der Waals surface area (Å²) in [4.78, 5) is 23.7. The minimum Gasteiger partial charge on any atom is -0.493 e. The molecular formula is C29H40O6S. The van der Waals surface area contributed by atoms with Gasteiger partial charge in [-0.3, -0.25) is 0 Å². The lowest BCUT2D eigenvalue weighted by Crippen LogP contribution is -2.26. The van der Waals surface area contributed by atoms with E-state index in [2.05, 4.69) is 6.92 Å². The smallest absolute Gasteiger partial charge is 0.335 e. The van der Waals surface area contributed by atoms with Gasteiger partial charge in [-0.25, -0.2) is 9.59 Å². The van der Waals surface area contributed by atoms with Crippen LogP contribution in [0.3, 0.4) is 0 Å². The van der Waals surface area contributed by atoms with E-state index in [1.165, 1.54) is 63.5 Å². The molecule has 2 aromatic rings. The quantitative estimate of drug-likeness (QED) is 0.141. The third-order valence-corrected chi connectivity index (χ3v) is 7.40. The predicted molar refractivity (Wildman–Crippen MR) is 144 cm³/mol. The van der Waals surface area contributed by atoms with E-state index in [0.29, 0.717) is 22.8 Å². The van der Waals surface area contributed by atoms with Crippen molar-refractivity contribution in [1.82, 2.24) is 0 Å². The Labute approximate surface area is 219 Å². The lowest BCUT2D eigenvalue weighted by atomic mass is 10.0. The first kappa shape index (κ1) is 29.7. The van der Waals surface area contributed by atoms with Crippen molar-refractivity contribution >= 4 is 23.7 Å². The Hall–Kier alpha value is -2.51. The highest BCUT2D eigenvalue weighted by Crippen LogP contribution is 2.42. The number of ether oxygens (including phenoxy) is 1. The number of unbranched alkanes of at least 4 members (excludes halogenated alkanes) is 9. The van der Waals surface area contributed by atoms with Gasteiger partial charge in [-0.1, -0.05) is 88.5 Å². The van der Waals surface area contributed by atoms with Crippen molar-refractivity contribution in [2.75, 3.05) is 6.61 Å². The molecule has 0 amide bonds. The van der Waals surface area contributed by atoms with Crippen LogP contribution >= 0.6 is 11.8 Å². The van der Waals surface area contributed by atoms with Gasteiger partial charge in [0.1, 0.15) is 5.75 Å². The fourth-order valence-electron chi connectivity index (χ4n) is 4.07. The number of hydrogen-bond donors (Lipinski definition) is 3. The predicted octanol–water partition coefficient (Wildman–Crippen LogP) is 7.27. The number of benzene rings is 2. The zero-order chi connectivity index (χ0) is 26.3. The largest absolute Gasteiger partial charge is 0.493 e. The number of aliphatic carboxylic acids is 1. The summed E-state index contributed by atoms with van der Waals surface area (Å²) in [5, 5.41) is 28.6. The van der Waals surface area contributed by atoms with Gasteiger partial charge in [-0.05, 0) is 37.6 Å². The molecule has 2 unspecified atom stereocenters. The first-order chi connectivity index (χ1) is 17.3. The molecule has 0 aliphatic heterocycles. The van der Waals surface area contributed by atoms with Crippen LogP contribution < -0.4 is 4.74 Å². The zero-order valence-corrected chi connectivity index (χ0v) is 22.3. The van der Waals surface area contributed by atoms with Crippen molar-refractivity contribution in [3.05, 3.63) is 59.2 Å². The van der Waals surface area contributed by atoms with E-state index in [-0.39, 0.29) is 5.56 Å². The highest BCUT2D eigenvalue weighted by atomic mass is 32.2. The average molecular weight is 517 g/mol. The molecule has 6 nitrogen and oxygen atoms in total. The minimum absolute atomic E-state index is 0.102. The minimum atomic E-state index is -1.69. The van der Waals surface area contributed by atoms with Crippen LogP contribution in [0.25, 0.3) is 0 Å². The van der Waals surface area contributed by atoms with Crippen molar-refractivity contribution in [2.24, 2.45) is 0 Å². The lowest BCUT2D eigenvalue weighted by molar-refractivity contribution is -0.146. The molecule has 2 aromatic carbocycles. The zero-order valence-electron chi connectivity index (χ0n) is 21.4. The van der Waals surface area contributed by atoms with E-state index < -0.39 is 23.3 Å². The molecule has 0 spiro atoms. The van der Waals surface area contributed by atoms with Crippen LogP contribution in [0.1, 0.15) is 97.9 Å². The van der Waals surface area contributed by atoms with Gasteiger partial charge < -0.3 is 20.1 Å². The normalized spacial score (nSPS) is 12.8. The maximum atomic E-state index is 11.7. The van der Waals surface area contributed by atoms with E-state index >= 15 is 0 Å². The molecule has 2 rings (SSSR count).